The predicted molar refractivity (Wildman–Crippen MR) is 108 cm³/mol. The van der Waals surface area contributed by atoms with Gasteiger partial charge in [0.2, 0.25) is 0 Å². The molecule has 0 N–H and O–H groups in total. The first-order chi connectivity index (χ1) is 13.3. The number of anilines is 1. The number of aryl methyl sites for hydroxylation is 1. The lowest BCUT2D eigenvalue weighted by Crippen LogP contribution is -2.39. The van der Waals surface area contributed by atoms with E-state index in [9.17, 15) is 4.79 Å². The summed E-state index contributed by atoms with van der Waals surface area (Å²) in [6.45, 7) is 9.70. The van der Waals surface area contributed by atoms with Gasteiger partial charge in [-0.3, -0.25) is 4.90 Å². The molecule has 1 saturated carbocycles. The topological polar surface area (TPSA) is 73.1 Å². The van der Waals surface area contributed by atoms with E-state index in [1.54, 1.807) is 4.90 Å². The molecule has 0 spiro atoms. The lowest BCUT2D eigenvalue weighted by molar-refractivity contribution is 0.0577. The normalized spacial score (nSPS) is 22.0. The molecule has 7 nitrogen and oxygen atoms in total. The van der Waals surface area contributed by atoms with Crippen LogP contribution in [0.2, 0.25) is 0 Å². The summed E-state index contributed by atoms with van der Waals surface area (Å²) >= 11 is 0. The third-order valence-corrected chi connectivity index (χ3v) is 5.28. The van der Waals surface area contributed by atoms with Crippen molar-refractivity contribution in [2.24, 2.45) is 5.92 Å². The van der Waals surface area contributed by atoms with Gasteiger partial charge >= 0.3 is 6.09 Å². The van der Waals surface area contributed by atoms with Gasteiger partial charge in [-0.25, -0.2) is 19.7 Å². The van der Waals surface area contributed by atoms with Gasteiger partial charge in [-0.15, -0.1) is 0 Å². The maximum absolute atomic E-state index is 12.9. The van der Waals surface area contributed by atoms with Crippen LogP contribution in [0, 0.1) is 12.8 Å². The summed E-state index contributed by atoms with van der Waals surface area (Å²) in [6, 6.07) is 0.362. The Morgan fingerprint density at radius 2 is 2.04 bits per heavy atom. The van der Waals surface area contributed by atoms with E-state index in [2.05, 4.69) is 38.6 Å². The van der Waals surface area contributed by atoms with Crippen molar-refractivity contribution < 1.29 is 9.53 Å². The number of imidazole rings is 1. The second kappa shape index (κ2) is 6.87. The van der Waals surface area contributed by atoms with Gasteiger partial charge in [0.25, 0.3) is 0 Å². The zero-order valence-electron chi connectivity index (χ0n) is 17.3. The molecule has 0 radical (unpaired) electrons. The average molecular weight is 383 g/mol. The molecule has 2 heterocycles. The van der Waals surface area contributed by atoms with Crippen LogP contribution in [0.5, 0.6) is 0 Å². The first kappa shape index (κ1) is 18.9. The number of allylic oxidation sites excluding steroid dienone is 2. The lowest BCUT2D eigenvalue weighted by Gasteiger charge is -2.27. The number of amides is 1. The highest BCUT2D eigenvalue weighted by atomic mass is 16.6. The number of nitrogens with zero attached hydrogens (tertiary/aromatic N) is 5. The molecule has 2 aromatic heterocycles. The van der Waals surface area contributed by atoms with Crippen molar-refractivity contribution >= 4 is 23.1 Å². The number of rotatable bonds is 4. The summed E-state index contributed by atoms with van der Waals surface area (Å²) in [6.07, 6.45) is 10.1. The summed E-state index contributed by atoms with van der Waals surface area (Å²) in [7, 11) is 0. The zero-order chi connectivity index (χ0) is 20.1. The van der Waals surface area contributed by atoms with Gasteiger partial charge in [-0.05, 0) is 59.3 Å². The monoisotopic (exact) mass is 383 g/mol. The van der Waals surface area contributed by atoms with Crippen molar-refractivity contribution in [3.8, 4) is 0 Å². The van der Waals surface area contributed by atoms with Crippen LogP contribution >= 0.6 is 0 Å². The summed E-state index contributed by atoms with van der Waals surface area (Å²) in [5, 5.41) is 0. The lowest BCUT2D eigenvalue weighted by atomic mass is 10.1. The second-order valence-corrected chi connectivity index (χ2v) is 8.86. The van der Waals surface area contributed by atoms with E-state index in [-0.39, 0.29) is 18.2 Å². The molecular weight excluding hydrogens is 354 g/mol. The third kappa shape index (κ3) is 3.62. The summed E-state index contributed by atoms with van der Waals surface area (Å²) < 4.78 is 7.77. The van der Waals surface area contributed by atoms with E-state index >= 15 is 0 Å². The Balaban J connectivity index is 1.75. The van der Waals surface area contributed by atoms with Crippen LogP contribution in [-0.4, -0.2) is 37.3 Å². The van der Waals surface area contributed by atoms with Gasteiger partial charge in [0, 0.05) is 6.04 Å². The Kier molecular flexibility index (Phi) is 4.63. The van der Waals surface area contributed by atoms with Crippen LogP contribution < -0.4 is 4.90 Å². The third-order valence-electron chi connectivity index (χ3n) is 5.28. The molecule has 0 aromatic carbocycles. The van der Waals surface area contributed by atoms with Crippen molar-refractivity contribution in [2.45, 2.75) is 78.0 Å². The van der Waals surface area contributed by atoms with E-state index in [1.807, 2.05) is 34.0 Å². The smallest absolute Gasteiger partial charge is 0.416 e. The molecule has 28 heavy (non-hydrogen) atoms. The maximum Gasteiger partial charge on any atom is 0.416 e. The van der Waals surface area contributed by atoms with E-state index in [4.69, 9.17) is 4.74 Å². The Morgan fingerprint density at radius 1 is 1.29 bits per heavy atom. The number of carbonyl (C=O) groups is 1. The number of hydrogen-bond acceptors (Lipinski definition) is 5. The molecule has 2 atom stereocenters. The maximum atomic E-state index is 12.9. The average Bonchev–Trinajstić information content (AvgIpc) is 3.16. The molecule has 4 rings (SSSR count). The number of hydrogen-bond donors (Lipinski definition) is 0. The van der Waals surface area contributed by atoms with Crippen LogP contribution in [0.4, 0.5) is 10.6 Å². The molecule has 0 bridgehead atoms. The minimum atomic E-state index is -0.561. The van der Waals surface area contributed by atoms with E-state index in [0.29, 0.717) is 23.1 Å². The van der Waals surface area contributed by atoms with Crippen molar-refractivity contribution in [3.63, 3.8) is 0 Å². The molecule has 0 aliphatic heterocycles. The van der Waals surface area contributed by atoms with Crippen molar-refractivity contribution in [3.05, 3.63) is 24.3 Å². The fourth-order valence-corrected chi connectivity index (χ4v) is 3.73. The fourth-order valence-electron chi connectivity index (χ4n) is 3.73. The zero-order valence-corrected chi connectivity index (χ0v) is 17.3. The van der Waals surface area contributed by atoms with Crippen molar-refractivity contribution in [2.75, 3.05) is 4.90 Å². The quantitative estimate of drug-likeness (QED) is 0.723. The van der Waals surface area contributed by atoms with Crippen LogP contribution in [0.15, 0.2) is 18.5 Å². The molecule has 150 valence electrons. The Morgan fingerprint density at radius 3 is 2.64 bits per heavy atom. The van der Waals surface area contributed by atoms with E-state index < -0.39 is 5.60 Å². The molecule has 2 aromatic rings. The molecule has 0 unspecified atom stereocenters. The molecule has 0 saturated heterocycles. The highest BCUT2D eigenvalue weighted by Crippen LogP contribution is 2.37. The molecular formula is C21H29N5O2. The first-order valence-electron chi connectivity index (χ1n) is 10.2. The second-order valence-electron chi connectivity index (χ2n) is 8.86. The summed E-state index contributed by atoms with van der Waals surface area (Å²) in [5.41, 5.74) is 0.883. The Labute approximate surface area is 165 Å². The SMILES string of the molecule is CC[C@@H]1C=C[C@H](n2cnc3c(N(C(=O)OC(C)(C)C)C4CC4)nc(C)nc32)C1. The highest BCUT2D eigenvalue weighted by molar-refractivity contribution is 5.96. The number of fused-ring (bicyclic) bond motifs is 1. The largest absolute Gasteiger partial charge is 0.443 e. The molecule has 2 aliphatic rings. The number of carbonyl (C=O) groups excluding carboxylic acids is 1. The molecule has 2 aliphatic carbocycles. The van der Waals surface area contributed by atoms with E-state index in [0.717, 1.165) is 31.3 Å². The number of aromatic nitrogens is 4. The summed E-state index contributed by atoms with van der Waals surface area (Å²) in [4.78, 5) is 28.5. The number of ether oxygens (including phenoxy) is 1. The standard InChI is InChI=1S/C21H29N5O2/c1-6-14-7-8-16(11-14)25-12-22-17-18(25)23-13(2)24-19(17)26(15-9-10-15)20(27)28-21(3,4)5/h7-8,12,14-16H,6,9-11H2,1-5H3/t14-,16+/m1/s1. The highest BCUT2D eigenvalue weighted by Gasteiger charge is 2.39. The predicted octanol–water partition coefficient (Wildman–Crippen LogP) is 4.57. The minimum absolute atomic E-state index is 0.119. The van der Waals surface area contributed by atoms with Crippen LogP contribution in [0.25, 0.3) is 11.2 Å². The van der Waals surface area contributed by atoms with Gasteiger partial charge in [0.1, 0.15) is 11.4 Å². The molecule has 1 amide bonds. The minimum Gasteiger partial charge on any atom is -0.443 e. The van der Waals surface area contributed by atoms with Crippen molar-refractivity contribution in [1.82, 2.24) is 19.5 Å². The van der Waals surface area contributed by atoms with Crippen molar-refractivity contribution in [1.29, 1.82) is 0 Å². The first-order valence-corrected chi connectivity index (χ1v) is 10.2. The van der Waals surface area contributed by atoms with Crippen LogP contribution in [0.3, 0.4) is 0 Å². The molecule has 1 fully saturated rings. The molecule has 7 heteroatoms. The Hall–Kier alpha value is -2.44. The van der Waals surface area contributed by atoms with Crippen LogP contribution in [-0.2, 0) is 4.74 Å². The Bertz CT molecular complexity index is 923. The van der Waals surface area contributed by atoms with Gasteiger partial charge in [0.05, 0.1) is 12.4 Å². The van der Waals surface area contributed by atoms with Gasteiger partial charge in [-0.1, -0.05) is 19.1 Å². The fraction of sp³-hybridized carbons (Fsp3) is 0.619. The summed E-state index contributed by atoms with van der Waals surface area (Å²) in [5.74, 6) is 1.79. The van der Waals surface area contributed by atoms with Gasteiger partial charge in [-0.2, -0.15) is 0 Å². The van der Waals surface area contributed by atoms with Gasteiger partial charge < -0.3 is 9.30 Å². The van der Waals surface area contributed by atoms with Gasteiger partial charge in [0.15, 0.2) is 17.0 Å². The van der Waals surface area contributed by atoms with Crippen LogP contribution in [0.1, 0.15) is 65.2 Å². The van der Waals surface area contributed by atoms with E-state index in [1.165, 1.54) is 0 Å².